The van der Waals surface area contributed by atoms with Gasteiger partial charge in [-0.05, 0) is 32.0 Å². The summed E-state index contributed by atoms with van der Waals surface area (Å²) in [5.74, 6) is -2.91. The summed E-state index contributed by atoms with van der Waals surface area (Å²) in [5, 5.41) is 12.5. The Balaban J connectivity index is 2.19. The number of carbonyl (C=O) groups excluding carboxylic acids is 3. The first kappa shape index (κ1) is 27.8. The minimum atomic E-state index is -5.40. The van der Waals surface area contributed by atoms with Crippen molar-refractivity contribution >= 4 is 35.0 Å². The van der Waals surface area contributed by atoms with Crippen molar-refractivity contribution in [2.45, 2.75) is 38.8 Å². The molecule has 0 bridgehead atoms. The van der Waals surface area contributed by atoms with E-state index >= 15 is 0 Å². The van der Waals surface area contributed by atoms with Crippen molar-refractivity contribution in [3.8, 4) is 11.5 Å². The fourth-order valence-corrected chi connectivity index (χ4v) is 2.80. The molecule has 14 heteroatoms. The molecule has 0 aliphatic heterocycles. The Morgan fingerprint density at radius 3 is 2.23 bits per heavy atom. The first-order valence-electron chi connectivity index (χ1n) is 9.78. The Kier molecular flexibility index (Phi) is 8.99. The van der Waals surface area contributed by atoms with Crippen molar-refractivity contribution < 1.29 is 46.5 Å². The fourth-order valence-electron chi connectivity index (χ4n) is 2.61. The van der Waals surface area contributed by atoms with Crippen LogP contribution >= 0.6 is 11.6 Å². The summed E-state index contributed by atoms with van der Waals surface area (Å²) in [6, 6.07) is 5.32. The number of rotatable bonds is 10. The van der Waals surface area contributed by atoms with Gasteiger partial charge in [0.2, 0.25) is 5.72 Å². The molecule has 2 aromatic rings. The van der Waals surface area contributed by atoms with Crippen LogP contribution in [0.2, 0.25) is 5.02 Å². The Bertz CT molecular complexity index is 1110. The molecule has 0 aliphatic carbocycles. The average molecular weight is 522 g/mol. The van der Waals surface area contributed by atoms with Gasteiger partial charge in [-0.3, -0.25) is 14.9 Å². The van der Waals surface area contributed by atoms with Gasteiger partial charge < -0.3 is 19.9 Å². The van der Waals surface area contributed by atoms with Gasteiger partial charge in [-0.15, -0.1) is 0 Å². The van der Waals surface area contributed by atoms with Crippen LogP contribution in [0.5, 0.6) is 11.5 Å². The number of Topliss-reactive ketones (excluding diaryl/α,β-unsaturated/α-hetero) is 2. The van der Waals surface area contributed by atoms with E-state index in [1.165, 1.54) is 24.4 Å². The minimum absolute atomic E-state index is 0.112. The predicted molar refractivity (Wildman–Crippen MR) is 115 cm³/mol. The first-order chi connectivity index (χ1) is 16.2. The van der Waals surface area contributed by atoms with E-state index in [2.05, 4.69) is 4.98 Å². The number of nitrogens with zero attached hydrogens (tertiary/aromatic N) is 1. The zero-order chi connectivity index (χ0) is 26.4. The average Bonchev–Trinajstić information content (AvgIpc) is 2.72. The Hall–Kier alpha value is -3.45. The lowest BCUT2D eigenvalue weighted by Gasteiger charge is -2.30. The van der Waals surface area contributed by atoms with Crippen molar-refractivity contribution in [2.24, 2.45) is 0 Å². The number of amides is 2. The molecule has 3 N–H and O–H groups in total. The number of para-hydroxylation sites is 2. The SMILES string of the molecule is CC(=O)COc1ccccc1OCc1nc(NC(=O)NC(O)(CC(C)=O)C(F)(F)F)c(F)cc1Cl. The molecule has 0 saturated carbocycles. The predicted octanol–water partition coefficient (Wildman–Crippen LogP) is 3.77. The Labute approximate surface area is 201 Å². The second kappa shape index (κ2) is 11.3. The molecule has 35 heavy (non-hydrogen) atoms. The van der Waals surface area contributed by atoms with Gasteiger partial charge in [0.05, 0.1) is 17.1 Å². The van der Waals surface area contributed by atoms with E-state index in [1.54, 1.807) is 17.4 Å². The van der Waals surface area contributed by atoms with Gasteiger partial charge in [-0.25, -0.2) is 14.2 Å². The molecule has 0 spiro atoms. The van der Waals surface area contributed by atoms with Gasteiger partial charge >= 0.3 is 12.2 Å². The second-order valence-corrected chi connectivity index (χ2v) is 7.70. The number of urea groups is 1. The zero-order valence-electron chi connectivity index (χ0n) is 18.3. The van der Waals surface area contributed by atoms with Crippen molar-refractivity contribution in [3.05, 3.63) is 46.9 Å². The van der Waals surface area contributed by atoms with E-state index in [0.717, 1.165) is 13.0 Å². The van der Waals surface area contributed by atoms with Crippen LogP contribution in [-0.4, -0.2) is 46.2 Å². The van der Waals surface area contributed by atoms with Crippen LogP contribution in [0.1, 0.15) is 26.0 Å². The maximum atomic E-state index is 14.3. The molecule has 0 fully saturated rings. The highest BCUT2D eigenvalue weighted by Gasteiger charge is 2.55. The third kappa shape index (κ3) is 7.79. The number of alkyl halides is 3. The topological polar surface area (TPSA) is 127 Å². The summed E-state index contributed by atoms with van der Waals surface area (Å²) >= 11 is 5.96. The molecule has 0 radical (unpaired) electrons. The largest absolute Gasteiger partial charge is 0.483 e. The standard InChI is InChI=1S/C21H20ClF4N3O6/c1-11(30)8-20(33,21(24,25)26)29-19(32)28-18-14(23)7-13(22)15(27-18)10-35-17-6-4-3-5-16(17)34-9-12(2)31/h3-7,33H,8-10H2,1-2H3,(H2,27,28,29,32). The van der Waals surface area contributed by atoms with E-state index < -0.39 is 41.8 Å². The first-order valence-corrected chi connectivity index (χ1v) is 10.2. The summed E-state index contributed by atoms with van der Waals surface area (Å²) in [7, 11) is 0. The van der Waals surface area contributed by atoms with E-state index in [1.807, 2.05) is 0 Å². The Morgan fingerprint density at radius 1 is 1.09 bits per heavy atom. The molecule has 1 heterocycles. The highest BCUT2D eigenvalue weighted by atomic mass is 35.5. The number of hydrogen-bond acceptors (Lipinski definition) is 7. The van der Waals surface area contributed by atoms with E-state index in [-0.39, 0.29) is 41.2 Å². The zero-order valence-corrected chi connectivity index (χ0v) is 19.1. The second-order valence-electron chi connectivity index (χ2n) is 7.29. The summed E-state index contributed by atoms with van der Waals surface area (Å²) in [5.41, 5.74) is -4.00. The van der Waals surface area contributed by atoms with Gasteiger partial charge in [-0.2, -0.15) is 13.2 Å². The maximum absolute atomic E-state index is 14.3. The maximum Gasteiger partial charge on any atom is 0.436 e. The van der Waals surface area contributed by atoms with Gasteiger partial charge in [0.25, 0.3) is 0 Å². The van der Waals surface area contributed by atoms with Crippen molar-refractivity contribution in [1.82, 2.24) is 10.3 Å². The molecule has 2 rings (SSSR count). The highest BCUT2D eigenvalue weighted by molar-refractivity contribution is 6.31. The van der Waals surface area contributed by atoms with Gasteiger partial charge in [-0.1, -0.05) is 23.7 Å². The highest BCUT2D eigenvalue weighted by Crippen LogP contribution is 2.32. The number of aliphatic hydroxyl groups is 1. The summed E-state index contributed by atoms with van der Waals surface area (Å²) in [6.45, 7) is 1.51. The molecule has 0 saturated heterocycles. The molecule has 0 aliphatic rings. The number of pyridine rings is 1. The number of anilines is 1. The van der Waals surface area contributed by atoms with Crippen LogP contribution < -0.4 is 20.1 Å². The van der Waals surface area contributed by atoms with Crippen LogP contribution in [0, 0.1) is 5.82 Å². The molecule has 1 atom stereocenters. The number of ketones is 2. The number of hydrogen-bond donors (Lipinski definition) is 3. The lowest BCUT2D eigenvalue weighted by atomic mass is 10.1. The molecule has 1 aromatic carbocycles. The molecule has 1 aromatic heterocycles. The number of benzene rings is 1. The van der Waals surface area contributed by atoms with E-state index in [4.69, 9.17) is 21.1 Å². The molecule has 1 unspecified atom stereocenters. The lowest BCUT2D eigenvalue weighted by molar-refractivity contribution is -0.267. The van der Waals surface area contributed by atoms with Crippen molar-refractivity contribution in [3.63, 3.8) is 0 Å². The van der Waals surface area contributed by atoms with Crippen LogP contribution in [0.15, 0.2) is 30.3 Å². The molecular weight excluding hydrogens is 502 g/mol. The number of carbonyl (C=O) groups is 3. The van der Waals surface area contributed by atoms with Gasteiger partial charge in [0.15, 0.2) is 28.9 Å². The summed E-state index contributed by atoms with van der Waals surface area (Å²) in [6.07, 6.45) is -6.87. The summed E-state index contributed by atoms with van der Waals surface area (Å²) < 4.78 is 64.6. The number of nitrogens with one attached hydrogen (secondary N) is 2. The van der Waals surface area contributed by atoms with E-state index in [9.17, 15) is 37.1 Å². The number of halogens is 5. The molecule has 9 nitrogen and oxygen atoms in total. The van der Waals surface area contributed by atoms with Gasteiger partial charge in [0, 0.05) is 0 Å². The molecule has 2 amide bonds. The van der Waals surface area contributed by atoms with Crippen molar-refractivity contribution in [2.75, 3.05) is 11.9 Å². The van der Waals surface area contributed by atoms with E-state index in [0.29, 0.717) is 0 Å². The third-order valence-electron chi connectivity index (χ3n) is 4.17. The number of aromatic nitrogens is 1. The quantitative estimate of drug-likeness (QED) is 0.321. The normalized spacial score (nSPS) is 12.9. The van der Waals surface area contributed by atoms with Crippen LogP contribution in [0.4, 0.5) is 28.2 Å². The molecule has 190 valence electrons. The smallest absolute Gasteiger partial charge is 0.436 e. The fraction of sp³-hybridized carbons (Fsp3) is 0.333. The Morgan fingerprint density at radius 2 is 1.69 bits per heavy atom. The monoisotopic (exact) mass is 521 g/mol. The minimum Gasteiger partial charge on any atom is -0.483 e. The summed E-state index contributed by atoms with van der Waals surface area (Å²) in [4.78, 5) is 38.1. The van der Waals surface area contributed by atoms with Crippen molar-refractivity contribution in [1.29, 1.82) is 0 Å². The van der Waals surface area contributed by atoms with Crippen LogP contribution in [0.3, 0.4) is 0 Å². The lowest BCUT2D eigenvalue weighted by Crippen LogP contribution is -2.60. The molecular formula is C21H20ClF4N3O6. The third-order valence-corrected chi connectivity index (χ3v) is 4.50. The number of ether oxygens (including phenoxy) is 2. The van der Waals surface area contributed by atoms with Gasteiger partial charge in [0.1, 0.15) is 19.0 Å². The van der Waals surface area contributed by atoms with Crippen LogP contribution in [-0.2, 0) is 16.2 Å². The van der Waals surface area contributed by atoms with Crippen LogP contribution in [0.25, 0.3) is 0 Å².